The molecule has 0 saturated carbocycles. The number of nitrogens with zero attached hydrogens (tertiary/aromatic N) is 3. The smallest absolute Gasteiger partial charge is 0.164 e. The highest BCUT2D eigenvalue weighted by molar-refractivity contribution is 5.45. The Morgan fingerprint density at radius 2 is 2.44 bits per heavy atom. The van der Waals surface area contributed by atoms with Gasteiger partial charge in [-0.25, -0.2) is 0 Å². The van der Waals surface area contributed by atoms with Gasteiger partial charge in [-0.2, -0.15) is 10.4 Å². The van der Waals surface area contributed by atoms with Crippen LogP contribution in [-0.2, 0) is 0 Å². The van der Waals surface area contributed by atoms with Crippen LogP contribution in [0.25, 0.3) is 0 Å². The lowest BCUT2D eigenvalue weighted by Gasteiger charge is -1.88. The summed E-state index contributed by atoms with van der Waals surface area (Å²) in [7, 11) is 0. The van der Waals surface area contributed by atoms with Crippen molar-refractivity contribution in [3.8, 4) is 6.07 Å². The molecule has 0 atom stereocenters. The van der Waals surface area contributed by atoms with E-state index in [0.29, 0.717) is 5.56 Å². The van der Waals surface area contributed by atoms with Crippen molar-refractivity contribution >= 4 is 5.82 Å². The molecule has 0 unspecified atom stereocenters. The van der Waals surface area contributed by atoms with Gasteiger partial charge >= 0.3 is 0 Å². The van der Waals surface area contributed by atoms with Gasteiger partial charge in [0.1, 0.15) is 6.07 Å². The fourth-order valence-corrected chi connectivity index (χ4v) is 0.437. The van der Waals surface area contributed by atoms with Crippen molar-refractivity contribution in [3.63, 3.8) is 0 Å². The maximum absolute atomic E-state index is 8.32. The number of aromatic nitrogens is 2. The third-order valence-corrected chi connectivity index (χ3v) is 0.870. The van der Waals surface area contributed by atoms with Crippen molar-refractivity contribution in [2.24, 2.45) is 0 Å². The van der Waals surface area contributed by atoms with Crippen molar-refractivity contribution in [2.75, 3.05) is 5.73 Å². The van der Waals surface area contributed by atoms with Crippen molar-refractivity contribution < 1.29 is 0 Å². The van der Waals surface area contributed by atoms with E-state index >= 15 is 0 Å². The molecule has 4 heteroatoms. The summed E-state index contributed by atoms with van der Waals surface area (Å²) < 4.78 is 0. The molecular formula is C5H4N4. The number of hydrogen-bond acceptors (Lipinski definition) is 4. The quantitative estimate of drug-likeness (QED) is 0.520. The van der Waals surface area contributed by atoms with E-state index in [-0.39, 0.29) is 5.82 Å². The maximum Gasteiger partial charge on any atom is 0.164 e. The van der Waals surface area contributed by atoms with Crippen LogP contribution in [-0.4, -0.2) is 10.2 Å². The molecule has 44 valence electrons. The third-order valence-electron chi connectivity index (χ3n) is 0.870. The highest BCUT2D eigenvalue weighted by Crippen LogP contribution is 2.00. The molecule has 1 aromatic heterocycles. The summed E-state index contributed by atoms with van der Waals surface area (Å²) in [5.41, 5.74) is 5.60. The SMILES string of the molecule is N#Cc1ccnnc1N. The summed E-state index contributed by atoms with van der Waals surface area (Å²) >= 11 is 0. The van der Waals surface area contributed by atoms with Gasteiger partial charge in [-0.3, -0.25) is 0 Å². The molecule has 0 aromatic carbocycles. The Balaban J connectivity index is 3.20. The molecule has 0 radical (unpaired) electrons. The molecular weight excluding hydrogens is 116 g/mol. The van der Waals surface area contributed by atoms with E-state index in [9.17, 15) is 0 Å². The van der Waals surface area contributed by atoms with Gasteiger partial charge in [0, 0.05) is 0 Å². The third kappa shape index (κ3) is 0.941. The predicted molar refractivity (Wildman–Crippen MR) is 31.2 cm³/mol. The molecule has 0 aliphatic heterocycles. The zero-order chi connectivity index (χ0) is 6.69. The van der Waals surface area contributed by atoms with Crippen LogP contribution in [0.1, 0.15) is 5.56 Å². The van der Waals surface area contributed by atoms with Gasteiger partial charge < -0.3 is 5.73 Å². The Morgan fingerprint density at radius 3 is 2.89 bits per heavy atom. The topological polar surface area (TPSA) is 75.6 Å². The van der Waals surface area contributed by atoms with Crippen molar-refractivity contribution in [1.82, 2.24) is 10.2 Å². The van der Waals surface area contributed by atoms with Crippen molar-refractivity contribution in [2.45, 2.75) is 0 Å². The van der Waals surface area contributed by atoms with Gasteiger partial charge in [-0.15, -0.1) is 5.10 Å². The highest BCUT2D eigenvalue weighted by Gasteiger charge is 1.94. The van der Waals surface area contributed by atoms with E-state index in [1.165, 1.54) is 12.3 Å². The summed E-state index contributed by atoms with van der Waals surface area (Å²) in [6.07, 6.45) is 1.43. The van der Waals surface area contributed by atoms with E-state index in [4.69, 9.17) is 11.0 Å². The van der Waals surface area contributed by atoms with Gasteiger partial charge in [0.2, 0.25) is 0 Å². The number of nitrogen functional groups attached to an aromatic ring is 1. The zero-order valence-corrected chi connectivity index (χ0v) is 4.57. The molecule has 4 nitrogen and oxygen atoms in total. The molecule has 0 amide bonds. The molecule has 2 N–H and O–H groups in total. The monoisotopic (exact) mass is 120 g/mol. The minimum atomic E-state index is 0.181. The first kappa shape index (κ1) is 5.51. The van der Waals surface area contributed by atoms with Gasteiger partial charge in [-0.1, -0.05) is 0 Å². The number of anilines is 1. The van der Waals surface area contributed by atoms with E-state index in [2.05, 4.69) is 10.2 Å². The van der Waals surface area contributed by atoms with Gasteiger partial charge in [-0.05, 0) is 6.07 Å². The molecule has 9 heavy (non-hydrogen) atoms. The lowest BCUT2D eigenvalue weighted by molar-refractivity contribution is 1.04. The maximum atomic E-state index is 8.32. The summed E-state index contributed by atoms with van der Waals surface area (Å²) in [4.78, 5) is 0. The molecule has 0 fully saturated rings. The van der Waals surface area contributed by atoms with Crippen LogP contribution < -0.4 is 5.73 Å². The molecule has 1 rings (SSSR count). The predicted octanol–water partition coefficient (Wildman–Crippen LogP) is -0.0695. The minimum absolute atomic E-state index is 0.181. The molecule has 1 aromatic rings. The Hall–Kier alpha value is -1.63. The van der Waals surface area contributed by atoms with E-state index in [1.54, 1.807) is 0 Å². The Labute approximate surface area is 51.9 Å². The van der Waals surface area contributed by atoms with Crippen LogP contribution in [0, 0.1) is 11.3 Å². The molecule has 0 bridgehead atoms. The number of hydrogen-bond donors (Lipinski definition) is 1. The van der Waals surface area contributed by atoms with E-state index in [1.807, 2.05) is 6.07 Å². The Kier molecular flexibility index (Phi) is 1.28. The summed E-state index contributed by atoms with van der Waals surface area (Å²) in [6, 6.07) is 3.38. The van der Waals surface area contributed by atoms with E-state index in [0.717, 1.165) is 0 Å². The second kappa shape index (κ2) is 2.09. The molecule has 0 aliphatic rings. The minimum Gasteiger partial charge on any atom is -0.381 e. The summed E-state index contributed by atoms with van der Waals surface area (Å²) in [6.45, 7) is 0. The normalized spacial score (nSPS) is 8.33. The van der Waals surface area contributed by atoms with Crippen LogP contribution in [0.2, 0.25) is 0 Å². The standard InChI is InChI=1S/C5H4N4/c6-3-4-1-2-8-9-5(4)7/h1-2H,(H2,7,9). The second-order valence-corrected chi connectivity index (χ2v) is 1.44. The van der Waals surface area contributed by atoms with Crippen LogP contribution in [0.3, 0.4) is 0 Å². The van der Waals surface area contributed by atoms with Crippen LogP contribution >= 0.6 is 0 Å². The largest absolute Gasteiger partial charge is 0.381 e. The van der Waals surface area contributed by atoms with E-state index < -0.39 is 0 Å². The van der Waals surface area contributed by atoms with Gasteiger partial charge in [0.25, 0.3) is 0 Å². The fourth-order valence-electron chi connectivity index (χ4n) is 0.437. The van der Waals surface area contributed by atoms with Crippen molar-refractivity contribution in [3.05, 3.63) is 17.8 Å². The van der Waals surface area contributed by atoms with Gasteiger partial charge in [0.05, 0.1) is 11.8 Å². The first-order chi connectivity index (χ1) is 4.34. The highest BCUT2D eigenvalue weighted by atomic mass is 15.1. The Bertz CT molecular complexity index is 249. The first-order valence-electron chi connectivity index (χ1n) is 2.32. The Morgan fingerprint density at radius 1 is 1.67 bits per heavy atom. The molecule has 0 spiro atoms. The zero-order valence-electron chi connectivity index (χ0n) is 4.57. The average Bonchev–Trinajstić information content (AvgIpc) is 1.89. The number of rotatable bonds is 0. The lowest BCUT2D eigenvalue weighted by Crippen LogP contribution is -1.94. The average molecular weight is 120 g/mol. The van der Waals surface area contributed by atoms with Crippen LogP contribution in [0.4, 0.5) is 5.82 Å². The summed E-state index contributed by atoms with van der Waals surface area (Å²) in [5.74, 6) is 0.181. The number of nitriles is 1. The van der Waals surface area contributed by atoms with Gasteiger partial charge in [0.15, 0.2) is 5.82 Å². The first-order valence-corrected chi connectivity index (χ1v) is 2.32. The molecule has 0 saturated heterocycles. The fraction of sp³-hybridized carbons (Fsp3) is 0. The summed E-state index contributed by atoms with van der Waals surface area (Å²) in [5, 5.41) is 15.2. The molecule has 1 heterocycles. The molecule has 0 aliphatic carbocycles. The van der Waals surface area contributed by atoms with Crippen LogP contribution in [0.15, 0.2) is 12.3 Å². The van der Waals surface area contributed by atoms with Crippen LogP contribution in [0.5, 0.6) is 0 Å². The number of nitrogens with two attached hydrogens (primary N) is 1. The van der Waals surface area contributed by atoms with Crippen molar-refractivity contribution in [1.29, 1.82) is 5.26 Å². The lowest BCUT2D eigenvalue weighted by atomic mass is 10.3. The second-order valence-electron chi connectivity index (χ2n) is 1.44.